The fourth-order valence-corrected chi connectivity index (χ4v) is 1.17. The van der Waals surface area contributed by atoms with E-state index in [2.05, 4.69) is 40.3 Å². The molecule has 1 heterocycles. The van der Waals surface area contributed by atoms with Crippen LogP contribution >= 0.6 is 0 Å². The van der Waals surface area contributed by atoms with E-state index in [1.54, 1.807) is 6.08 Å². The van der Waals surface area contributed by atoms with Crippen LogP contribution in [0.15, 0.2) is 22.6 Å². The summed E-state index contributed by atoms with van der Waals surface area (Å²) in [7, 11) is 0. The highest BCUT2D eigenvalue weighted by Crippen LogP contribution is 2.20. The average Bonchev–Trinajstić information content (AvgIpc) is 2.67. The molecule has 0 aliphatic heterocycles. The Morgan fingerprint density at radius 1 is 1.17 bits per heavy atom. The quantitative estimate of drug-likeness (QED) is 0.566. The fourth-order valence-electron chi connectivity index (χ4n) is 1.17. The zero-order valence-corrected chi connectivity index (χ0v) is 13.5. The van der Waals surface area contributed by atoms with E-state index in [4.69, 9.17) is 4.42 Å². The molecule has 0 N–H and O–H groups in total. The molecule has 0 amide bonds. The smallest absolute Gasteiger partial charge is 0.129 e. The van der Waals surface area contributed by atoms with Gasteiger partial charge < -0.3 is 4.42 Å². The molecule has 0 saturated carbocycles. The van der Waals surface area contributed by atoms with Crippen LogP contribution in [0.1, 0.15) is 63.7 Å². The van der Waals surface area contributed by atoms with Crippen molar-refractivity contribution < 1.29 is 4.42 Å². The minimum atomic E-state index is 0.898. The van der Waals surface area contributed by atoms with Gasteiger partial charge in [0.1, 0.15) is 11.5 Å². The first-order valence-corrected chi connectivity index (χ1v) is 6.78. The molecule has 18 heavy (non-hydrogen) atoms. The lowest BCUT2D eigenvalue weighted by Crippen LogP contribution is -1.74. The van der Waals surface area contributed by atoms with Crippen LogP contribution in [0, 0.1) is 20.8 Å². The molecule has 0 aliphatic carbocycles. The van der Waals surface area contributed by atoms with Gasteiger partial charge in [-0.25, -0.2) is 0 Å². The van der Waals surface area contributed by atoms with E-state index in [0.29, 0.717) is 0 Å². The lowest BCUT2D eigenvalue weighted by atomic mass is 10.1. The molecule has 1 heteroatoms. The van der Waals surface area contributed by atoms with Gasteiger partial charge in [0, 0.05) is 0 Å². The Kier molecular flexibility index (Phi) is 11.6. The summed E-state index contributed by atoms with van der Waals surface area (Å²) in [6.07, 6.45) is 5.08. The van der Waals surface area contributed by atoms with Gasteiger partial charge in [0.25, 0.3) is 0 Å². The highest BCUT2D eigenvalue weighted by molar-refractivity contribution is 5.48. The van der Waals surface area contributed by atoms with Gasteiger partial charge in [0.2, 0.25) is 0 Å². The summed E-state index contributed by atoms with van der Waals surface area (Å²) in [5, 5.41) is 0. The van der Waals surface area contributed by atoms with Crippen molar-refractivity contribution in [2.45, 2.75) is 61.8 Å². The van der Waals surface area contributed by atoms with Gasteiger partial charge in [-0.2, -0.15) is 0 Å². The number of aryl methyl sites for hydroxylation is 1. The number of rotatable bonds is 2. The predicted molar refractivity (Wildman–Crippen MR) is 84.1 cm³/mol. The van der Waals surface area contributed by atoms with Gasteiger partial charge in [0.05, 0.1) is 0 Å². The standard InChI is InChI=1S/C9H12O.C6H12.C2H6/c1-5-9-7(3)6(2)8(4)10-9;1-4-6(3)5-2;1-2/h5H,1H2,2-4H3;4H,5H2,1-3H3;1-2H3/b;6-4+;. The van der Waals surface area contributed by atoms with Gasteiger partial charge in [-0.05, 0) is 58.2 Å². The molecule has 0 radical (unpaired) electrons. The maximum atomic E-state index is 5.38. The first-order chi connectivity index (χ1) is 8.47. The normalized spacial score (nSPS) is 9.89. The molecule has 1 nitrogen and oxygen atoms in total. The van der Waals surface area contributed by atoms with E-state index in [9.17, 15) is 0 Å². The molecule has 0 spiro atoms. The molecular formula is C17H30O. The second-order valence-electron chi connectivity index (χ2n) is 3.97. The lowest BCUT2D eigenvalue weighted by Gasteiger charge is -1.86. The van der Waals surface area contributed by atoms with Crippen molar-refractivity contribution in [3.63, 3.8) is 0 Å². The van der Waals surface area contributed by atoms with Crippen molar-refractivity contribution in [1.29, 1.82) is 0 Å². The van der Waals surface area contributed by atoms with Crippen LogP contribution < -0.4 is 0 Å². The number of hydrogen-bond acceptors (Lipinski definition) is 1. The first-order valence-electron chi connectivity index (χ1n) is 6.78. The maximum Gasteiger partial charge on any atom is 0.129 e. The average molecular weight is 250 g/mol. The van der Waals surface area contributed by atoms with Crippen LogP contribution in [0.4, 0.5) is 0 Å². The minimum absolute atomic E-state index is 0.898. The van der Waals surface area contributed by atoms with Crippen molar-refractivity contribution in [2.24, 2.45) is 0 Å². The summed E-state index contributed by atoms with van der Waals surface area (Å²) in [6.45, 7) is 20.1. The number of allylic oxidation sites excluding steroid dienone is 2. The Morgan fingerprint density at radius 3 is 1.78 bits per heavy atom. The Hall–Kier alpha value is -1.24. The van der Waals surface area contributed by atoms with Crippen LogP contribution in [0.2, 0.25) is 0 Å². The van der Waals surface area contributed by atoms with Crippen LogP contribution in [0.5, 0.6) is 0 Å². The van der Waals surface area contributed by atoms with Gasteiger partial charge in [-0.15, -0.1) is 0 Å². The number of furan rings is 1. The first kappa shape index (κ1) is 19.1. The molecule has 1 aromatic rings. The molecule has 104 valence electrons. The summed E-state index contributed by atoms with van der Waals surface area (Å²) in [5.41, 5.74) is 3.90. The van der Waals surface area contributed by atoms with E-state index >= 15 is 0 Å². The van der Waals surface area contributed by atoms with Crippen LogP contribution in [-0.2, 0) is 0 Å². The molecule has 0 bridgehead atoms. The molecule has 0 aromatic carbocycles. The fraction of sp³-hybridized carbons (Fsp3) is 0.529. The van der Waals surface area contributed by atoms with Gasteiger partial charge >= 0.3 is 0 Å². The van der Waals surface area contributed by atoms with Crippen molar-refractivity contribution >= 4 is 6.08 Å². The highest BCUT2D eigenvalue weighted by atomic mass is 16.3. The third-order valence-corrected chi connectivity index (χ3v) is 2.96. The summed E-state index contributed by atoms with van der Waals surface area (Å²) in [6, 6.07) is 0. The monoisotopic (exact) mass is 250 g/mol. The second kappa shape index (κ2) is 10.9. The van der Waals surface area contributed by atoms with Crippen LogP contribution in [0.3, 0.4) is 0 Å². The largest absolute Gasteiger partial charge is 0.461 e. The zero-order chi connectivity index (χ0) is 14.7. The van der Waals surface area contributed by atoms with Crippen molar-refractivity contribution in [2.75, 3.05) is 0 Å². The Bertz CT molecular complexity index is 367. The molecule has 0 unspecified atom stereocenters. The maximum absolute atomic E-state index is 5.38. The summed E-state index contributed by atoms with van der Waals surface area (Å²) in [5.74, 6) is 1.89. The third kappa shape index (κ3) is 6.48. The zero-order valence-electron chi connectivity index (χ0n) is 13.5. The van der Waals surface area contributed by atoms with Crippen LogP contribution in [0.25, 0.3) is 6.08 Å². The molecule has 1 rings (SSSR count). The van der Waals surface area contributed by atoms with Gasteiger partial charge in [-0.3, -0.25) is 0 Å². The van der Waals surface area contributed by atoms with Gasteiger partial charge in [0.15, 0.2) is 0 Å². The topological polar surface area (TPSA) is 13.1 Å². The summed E-state index contributed by atoms with van der Waals surface area (Å²) >= 11 is 0. The molecule has 0 fully saturated rings. The summed E-state index contributed by atoms with van der Waals surface area (Å²) < 4.78 is 5.38. The SMILES string of the molecule is C/C=C(\C)CC.C=Cc1oc(C)c(C)c1C.CC. The van der Waals surface area contributed by atoms with E-state index < -0.39 is 0 Å². The second-order valence-corrected chi connectivity index (χ2v) is 3.97. The molecule has 0 atom stereocenters. The molecular weight excluding hydrogens is 220 g/mol. The van der Waals surface area contributed by atoms with E-state index in [1.165, 1.54) is 23.1 Å². The predicted octanol–water partition coefficient (Wildman–Crippen LogP) is 6.24. The van der Waals surface area contributed by atoms with Crippen molar-refractivity contribution in [1.82, 2.24) is 0 Å². The number of hydrogen-bond donors (Lipinski definition) is 0. The minimum Gasteiger partial charge on any atom is -0.461 e. The Morgan fingerprint density at radius 2 is 1.67 bits per heavy atom. The Labute approximate surface area is 114 Å². The van der Waals surface area contributed by atoms with E-state index in [-0.39, 0.29) is 0 Å². The van der Waals surface area contributed by atoms with Crippen LogP contribution in [-0.4, -0.2) is 0 Å². The lowest BCUT2D eigenvalue weighted by molar-refractivity contribution is 0.521. The van der Waals surface area contributed by atoms with Crippen molar-refractivity contribution in [3.8, 4) is 0 Å². The third-order valence-electron chi connectivity index (χ3n) is 2.96. The van der Waals surface area contributed by atoms with Crippen molar-refractivity contribution in [3.05, 3.63) is 40.9 Å². The van der Waals surface area contributed by atoms with E-state index in [1.807, 2.05) is 27.7 Å². The van der Waals surface area contributed by atoms with E-state index in [0.717, 1.165) is 11.5 Å². The highest BCUT2D eigenvalue weighted by Gasteiger charge is 2.05. The summed E-state index contributed by atoms with van der Waals surface area (Å²) in [4.78, 5) is 0. The molecule has 0 aliphatic rings. The molecule has 1 aromatic heterocycles. The molecule has 0 saturated heterocycles. The Balaban J connectivity index is 0. The van der Waals surface area contributed by atoms with Gasteiger partial charge in [-0.1, -0.05) is 39.0 Å².